The van der Waals surface area contributed by atoms with Gasteiger partial charge >= 0.3 is 0 Å². The van der Waals surface area contributed by atoms with Gasteiger partial charge < -0.3 is 20.2 Å². The minimum absolute atomic E-state index is 0.0903. The van der Waals surface area contributed by atoms with Crippen LogP contribution in [-0.2, 0) is 22.1 Å². The predicted molar refractivity (Wildman–Crippen MR) is 137 cm³/mol. The van der Waals surface area contributed by atoms with Crippen LogP contribution in [0.4, 0.5) is 5.95 Å². The van der Waals surface area contributed by atoms with Crippen molar-refractivity contribution in [3.8, 4) is 22.4 Å². The number of aromatic amines is 1. The number of nitrogens with zero attached hydrogens (tertiary/aromatic N) is 6. The molecular formula is C26H28N8O2. The van der Waals surface area contributed by atoms with Gasteiger partial charge in [-0.15, -0.1) is 0 Å². The van der Waals surface area contributed by atoms with E-state index in [0.717, 1.165) is 39.7 Å². The smallest absolute Gasteiger partial charge is 0.220 e. The van der Waals surface area contributed by atoms with Crippen molar-refractivity contribution in [1.29, 1.82) is 0 Å². The van der Waals surface area contributed by atoms with Gasteiger partial charge in [0.1, 0.15) is 18.0 Å². The number of ether oxygens (including phenoxy) is 2. The number of hydrogen-bond donors (Lipinski definition) is 2. The van der Waals surface area contributed by atoms with Crippen LogP contribution in [0.3, 0.4) is 0 Å². The van der Waals surface area contributed by atoms with Crippen molar-refractivity contribution >= 4 is 17.0 Å². The highest BCUT2D eigenvalue weighted by molar-refractivity contribution is 5.95. The minimum Gasteiger partial charge on any atom is -0.368 e. The number of pyridine rings is 2. The van der Waals surface area contributed by atoms with E-state index < -0.39 is 5.60 Å². The lowest BCUT2D eigenvalue weighted by atomic mass is 9.85. The van der Waals surface area contributed by atoms with Crippen LogP contribution in [0.2, 0.25) is 0 Å². The highest BCUT2D eigenvalue weighted by Gasteiger charge is 2.37. The molecule has 0 radical (unpaired) electrons. The van der Waals surface area contributed by atoms with E-state index in [4.69, 9.17) is 15.2 Å². The lowest BCUT2D eigenvalue weighted by Crippen LogP contribution is -2.33. The SMILES string of the molecule is CCCC(OCOC)(c1ccncc1)c1cc(-c2c[nH]c3ncc(-c4cnn(C)c4)cc23)nc(N)n1. The molecule has 10 heteroatoms. The molecule has 0 aliphatic heterocycles. The van der Waals surface area contributed by atoms with E-state index in [1.165, 1.54) is 0 Å². The van der Waals surface area contributed by atoms with Gasteiger partial charge in [0.15, 0.2) is 0 Å². The Kier molecular flexibility index (Phi) is 6.45. The summed E-state index contributed by atoms with van der Waals surface area (Å²) in [6.45, 7) is 2.19. The van der Waals surface area contributed by atoms with Gasteiger partial charge in [-0.2, -0.15) is 5.10 Å². The van der Waals surface area contributed by atoms with Gasteiger partial charge in [0.05, 0.1) is 17.6 Å². The van der Waals surface area contributed by atoms with E-state index in [1.54, 1.807) is 24.2 Å². The molecule has 1 unspecified atom stereocenters. The number of anilines is 1. The topological polar surface area (TPSA) is 130 Å². The molecule has 0 amide bonds. The van der Waals surface area contributed by atoms with E-state index in [-0.39, 0.29) is 12.7 Å². The number of nitrogens with two attached hydrogens (primary N) is 1. The Morgan fingerprint density at radius 1 is 1.11 bits per heavy atom. The van der Waals surface area contributed by atoms with Crippen LogP contribution in [0.15, 0.2) is 61.4 Å². The first kappa shape index (κ1) is 23.6. The fourth-order valence-electron chi connectivity index (χ4n) is 4.54. The van der Waals surface area contributed by atoms with Gasteiger partial charge in [0.2, 0.25) is 5.95 Å². The van der Waals surface area contributed by atoms with Crippen LogP contribution >= 0.6 is 0 Å². The average molecular weight is 485 g/mol. The fraction of sp³-hybridized carbons (Fsp3) is 0.269. The van der Waals surface area contributed by atoms with Gasteiger partial charge in [-0.1, -0.05) is 13.3 Å². The molecule has 0 fully saturated rings. The summed E-state index contributed by atoms with van der Waals surface area (Å²) in [7, 11) is 3.49. The third-order valence-electron chi connectivity index (χ3n) is 6.17. The third-order valence-corrected chi connectivity index (χ3v) is 6.17. The van der Waals surface area contributed by atoms with Crippen molar-refractivity contribution < 1.29 is 9.47 Å². The maximum absolute atomic E-state index is 6.36. The van der Waals surface area contributed by atoms with Crippen molar-refractivity contribution in [1.82, 2.24) is 34.7 Å². The largest absolute Gasteiger partial charge is 0.368 e. The van der Waals surface area contributed by atoms with Crippen LogP contribution in [0.25, 0.3) is 33.4 Å². The van der Waals surface area contributed by atoms with Crippen LogP contribution in [-0.4, -0.2) is 48.6 Å². The highest BCUT2D eigenvalue weighted by atomic mass is 16.7. The summed E-state index contributed by atoms with van der Waals surface area (Å²) in [5.41, 5.74) is 11.2. The average Bonchev–Trinajstić information content (AvgIpc) is 3.52. The minimum atomic E-state index is -0.884. The lowest BCUT2D eigenvalue weighted by Gasteiger charge is -2.33. The van der Waals surface area contributed by atoms with Gasteiger partial charge in [0.25, 0.3) is 0 Å². The van der Waals surface area contributed by atoms with E-state index in [0.29, 0.717) is 17.8 Å². The number of rotatable bonds is 9. The molecule has 0 saturated carbocycles. The zero-order valence-corrected chi connectivity index (χ0v) is 20.5. The van der Waals surface area contributed by atoms with Gasteiger partial charge in [-0.25, -0.2) is 15.0 Å². The standard InChI is InChI=1S/C26H28N8O2/c1-4-7-26(36-16-35-3,19-5-8-28-9-6-19)23-11-22(32-25(27)33-23)21-14-30-24-20(21)10-17(12-29-24)18-13-31-34(2)15-18/h5-6,8-15H,4,7,16H2,1-3H3,(H,29,30)(H2,27,32,33). The molecular weight excluding hydrogens is 456 g/mol. The zero-order valence-electron chi connectivity index (χ0n) is 20.5. The van der Waals surface area contributed by atoms with E-state index >= 15 is 0 Å². The van der Waals surface area contributed by atoms with Crippen molar-refractivity contribution in [3.05, 3.63) is 72.7 Å². The molecule has 36 heavy (non-hydrogen) atoms. The molecule has 0 spiro atoms. The maximum atomic E-state index is 6.36. The molecule has 10 nitrogen and oxygen atoms in total. The number of H-pyrrole nitrogens is 1. The second-order valence-corrected chi connectivity index (χ2v) is 8.59. The molecule has 0 saturated heterocycles. The van der Waals surface area contributed by atoms with Gasteiger partial charge in [-0.3, -0.25) is 9.67 Å². The number of hydrogen-bond acceptors (Lipinski definition) is 8. The molecule has 0 aromatic carbocycles. The van der Waals surface area contributed by atoms with Crippen LogP contribution in [0.1, 0.15) is 31.0 Å². The highest BCUT2D eigenvalue weighted by Crippen LogP contribution is 2.39. The summed E-state index contributed by atoms with van der Waals surface area (Å²) in [5.74, 6) is 0.156. The monoisotopic (exact) mass is 484 g/mol. The molecule has 184 valence electrons. The van der Waals surface area contributed by atoms with E-state index in [2.05, 4.69) is 43.0 Å². The molecule has 3 N–H and O–H groups in total. The quantitative estimate of drug-likeness (QED) is 0.300. The predicted octanol–water partition coefficient (Wildman–Crippen LogP) is 4.06. The summed E-state index contributed by atoms with van der Waals surface area (Å²) in [6.07, 6.45) is 12.5. The molecule has 1 atom stereocenters. The van der Waals surface area contributed by atoms with Crippen molar-refractivity contribution in [2.75, 3.05) is 19.6 Å². The Labute approximate surface area is 208 Å². The summed E-state index contributed by atoms with van der Waals surface area (Å²) in [4.78, 5) is 21.3. The first-order chi connectivity index (χ1) is 17.5. The lowest BCUT2D eigenvalue weighted by molar-refractivity contribution is -0.121. The number of aryl methyl sites for hydroxylation is 1. The number of nitrogen functional groups attached to an aromatic ring is 1. The van der Waals surface area contributed by atoms with Crippen molar-refractivity contribution in [2.45, 2.75) is 25.4 Å². The Hall–Kier alpha value is -4.15. The Balaban J connectivity index is 1.67. The molecule has 5 heterocycles. The molecule has 0 aliphatic carbocycles. The van der Waals surface area contributed by atoms with Crippen LogP contribution in [0.5, 0.6) is 0 Å². The molecule has 5 aromatic heterocycles. The van der Waals surface area contributed by atoms with Crippen LogP contribution in [0, 0.1) is 0 Å². The summed E-state index contributed by atoms with van der Waals surface area (Å²) < 4.78 is 13.4. The third kappa shape index (κ3) is 4.32. The number of fused-ring (bicyclic) bond motifs is 1. The second kappa shape index (κ2) is 9.84. The molecule has 5 aromatic rings. The Morgan fingerprint density at radius 3 is 2.67 bits per heavy atom. The number of nitrogens with one attached hydrogen (secondary N) is 1. The first-order valence-corrected chi connectivity index (χ1v) is 11.7. The van der Waals surface area contributed by atoms with E-state index in [1.807, 2.05) is 50.0 Å². The molecule has 0 aliphatic rings. The normalized spacial score (nSPS) is 13.2. The molecule has 5 rings (SSSR count). The summed E-state index contributed by atoms with van der Waals surface area (Å²) in [5, 5.41) is 5.20. The maximum Gasteiger partial charge on any atom is 0.220 e. The number of methoxy groups -OCH3 is 1. The molecule has 0 bridgehead atoms. The van der Waals surface area contributed by atoms with E-state index in [9.17, 15) is 0 Å². The van der Waals surface area contributed by atoms with Gasteiger partial charge in [0, 0.05) is 67.2 Å². The summed E-state index contributed by atoms with van der Waals surface area (Å²) in [6, 6.07) is 7.87. The van der Waals surface area contributed by atoms with Gasteiger partial charge in [-0.05, 0) is 36.2 Å². The first-order valence-electron chi connectivity index (χ1n) is 11.7. The second-order valence-electron chi connectivity index (χ2n) is 8.59. The fourth-order valence-corrected chi connectivity index (χ4v) is 4.54. The Bertz CT molecular complexity index is 1480. The van der Waals surface area contributed by atoms with Crippen molar-refractivity contribution in [2.24, 2.45) is 7.05 Å². The summed E-state index contributed by atoms with van der Waals surface area (Å²) >= 11 is 0. The Morgan fingerprint density at radius 2 is 1.94 bits per heavy atom. The van der Waals surface area contributed by atoms with Crippen molar-refractivity contribution in [3.63, 3.8) is 0 Å². The van der Waals surface area contributed by atoms with Crippen LogP contribution < -0.4 is 5.73 Å². The number of aromatic nitrogens is 7. The zero-order chi connectivity index (χ0) is 25.1.